The average Bonchev–Trinajstić information content (AvgIpc) is 3.33. The molecule has 1 aliphatic rings. The molecule has 10 heteroatoms. The number of aromatic nitrogens is 5. The van der Waals surface area contributed by atoms with Gasteiger partial charge in [0.15, 0.2) is 11.5 Å². The fourth-order valence-electron chi connectivity index (χ4n) is 3.76. The quantitative estimate of drug-likeness (QED) is 0.477. The van der Waals surface area contributed by atoms with Gasteiger partial charge in [-0.3, -0.25) is 14.0 Å². The normalized spacial score (nSPS) is 13.6. The van der Waals surface area contributed by atoms with E-state index in [9.17, 15) is 9.59 Å². The van der Waals surface area contributed by atoms with E-state index in [4.69, 9.17) is 0 Å². The lowest BCUT2D eigenvalue weighted by molar-refractivity contribution is -0.118. The predicted octanol–water partition coefficient (Wildman–Crippen LogP) is 2.46. The molecule has 0 bridgehead atoms. The van der Waals surface area contributed by atoms with Gasteiger partial charge in [-0.2, -0.15) is 0 Å². The molecule has 0 fully saturated rings. The Bertz CT molecular complexity index is 1290. The molecule has 0 saturated heterocycles. The van der Waals surface area contributed by atoms with Crippen LogP contribution < -0.4 is 10.9 Å². The Labute approximate surface area is 180 Å². The number of aryl methyl sites for hydroxylation is 2. The summed E-state index contributed by atoms with van der Waals surface area (Å²) in [6, 6.07) is 5.65. The highest BCUT2D eigenvalue weighted by molar-refractivity contribution is 7.99. The molecule has 0 aliphatic heterocycles. The fourth-order valence-corrected chi connectivity index (χ4v) is 5.76. The number of thioether (sulfide) groups is 1. The maximum atomic E-state index is 12.6. The second-order valence-corrected chi connectivity index (χ2v) is 9.29. The number of nitrogens with one attached hydrogen (secondary N) is 2. The molecular formula is C20H20N6O2S2. The molecule has 0 unspecified atom stereocenters. The molecule has 1 aliphatic carbocycles. The molecule has 5 rings (SSSR count). The molecule has 30 heavy (non-hydrogen) atoms. The molecule has 8 nitrogen and oxygen atoms in total. The topological polar surface area (TPSA) is 105 Å². The van der Waals surface area contributed by atoms with E-state index in [1.807, 2.05) is 28.8 Å². The van der Waals surface area contributed by atoms with Gasteiger partial charge < -0.3 is 10.3 Å². The van der Waals surface area contributed by atoms with Crippen LogP contribution in [-0.2, 0) is 29.9 Å². The van der Waals surface area contributed by atoms with Crippen molar-refractivity contribution in [2.45, 2.75) is 38.0 Å². The van der Waals surface area contributed by atoms with Gasteiger partial charge in [0.2, 0.25) is 5.91 Å². The first-order valence-corrected chi connectivity index (χ1v) is 11.8. The minimum absolute atomic E-state index is 0.0573. The first-order valence-electron chi connectivity index (χ1n) is 9.85. The summed E-state index contributed by atoms with van der Waals surface area (Å²) in [4.78, 5) is 34.5. The molecule has 4 aromatic rings. The first-order chi connectivity index (χ1) is 14.7. The lowest BCUT2D eigenvalue weighted by Gasteiger charge is -2.09. The number of nitrogens with zero attached hydrogens (tertiary/aromatic N) is 4. The van der Waals surface area contributed by atoms with E-state index in [0.717, 1.165) is 35.1 Å². The van der Waals surface area contributed by atoms with Gasteiger partial charge in [0.1, 0.15) is 10.7 Å². The summed E-state index contributed by atoms with van der Waals surface area (Å²) in [5, 5.41) is 11.8. The average molecular weight is 441 g/mol. The van der Waals surface area contributed by atoms with Crippen LogP contribution in [0.3, 0.4) is 0 Å². The van der Waals surface area contributed by atoms with Crippen molar-refractivity contribution >= 4 is 44.9 Å². The fraction of sp³-hybridized carbons (Fsp3) is 0.350. The van der Waals surface area contributed by atoms with Crippen LogP contribution in [0.2, 0.25) is 0 Å². The highest BCUT2D eigenvalue weighted by Crippen LogP contribution is 2.33. The number of carbonyl (C=O) groups is 1. The van der Waals surface area contributed by atoms with E-state index < -0.39 is 0 Å². The highest BCUT2D eigenvalue weighted by atomic mass is 32.2. The van der Waals surface area contributed by atoms with Crippen LogP contribution in [0, 0.1) is 0 Å². The van der Waals surface area contributed by atoms with Crippen molar-refractivity contribution < 1.29 is 4.79 Å². The SMILES string of the molecule is O=C(CSCc1nc2sc3c(c2c(=O)[nH]1)CCCC3)NCc1nnc2ccccn12. The van der Waals surface area contributed by atoms with Crippen molar-refractivity contribution in [1.29, 1.82) is 0 Å². The van der Waals surface area contributed by atoms with E-state index in [2.05, 4.69) is 25.5 Å². The third-order valence-corrected chi connectivity index (χ3v) is 7.30. The second-order valence-electron chi connectivity index (χ2n) is 7.22. The van der Waals surface area contributed by atoms with Crippen molar-refractivity contribution in [2.75, 3.05) is 5.75 Å². The molecule has 1 amide bonds. The molecule has 0 spiro atoms. The van der Waals surface area contributed by atoms with Gasteiger partial charge in [0, 0.05) is 11.1 Å². The van der Waals surface area contributed by atoms with Crippen LogP contribution in [0.25, 0.3) is 15.9 Å². The Balaban J connectivity index is 1.19. The molecule has 4 aromatic heterocycles. The zero-order valence-corrected chi connectivity index (χ0v) is 17.8. The Hall–Kier alpha value is -2.72. The van der Waals surface area contributed by atoms with Gasteiger partial charge in [-0.05, 0) is 43.4 Å². The largest absolute Gasteiger partial charge is 0.348 e. The predicted molar refractivity (Wildman–Crippen MR) is 118 cm³/mol. The maximum absolute atomic E-state index is 12.6. The number of fused-ring (bicyclic) bond motifs is 4. The van der Waals surface area contributed by atoms with Crippen molar-refractivity contribution in [2.24, 2.45) is 0 Å². The molecule has 0 radical (unpaired) electrons. The van der Waals surface area contributed by atoms with Crippen molar-refractivity contribution in [3.63, 3.8) is 0 Å². The van der Waals surface area contributed by atoms with Gasteiger partial charge in [0.25, 0.3) is 5.56 Å². The van der Waals surface area contributed by atoms with E-state index >= 15 is 0 Å². The summed E-state index contributed by atoms with van der Waals surface area (Å²) in [6.07, 6.45) is 6.19. The smallest absolute Gasteiger partial charge is 0.259 e. The summed E-state index contributed by atoms with van der Waals surface area (Å²) in [7, 11) is 0. The number of thiophene rings is 1. The second kappa shape index (κ2) is 8.19. The Kier molecular flexibility index (Phi) is 5.26. The van der Waals surface area contributed by atoms with Crippen molar-refractivity contribution in [1.82, 2.24) is 29.9 Å². The third-order valence-electron chi connectivity index (χ3n) is 5.17. The lowest BCUT2D eigenvalue weighted by Crippen LogP contribution is -2.25. The molecule has 2 N–H and O–H groups in total. The zero-order chi connectivity index (χ0) is 20.5. The van der Waals surface area contributed by atoms with Crippen LogP contribution in [0.15, 0.2) is 29.2 Å². The number of carbonyl (C=O) groups excluding carboxylic acids is 1. The monoisotopic (exact) mass is 440 g/mol. The van der Waals surface area contributed by atoms with Gasteiger partial charge in [-0.25, -0.2) is 4.98 Å². The molecule has 0 atom stereocenters. The van der Waals surface area contributed by atoms with E-state index in [1.165, 1.54) is 28.6 Å². The van der Waals surface area contributed by atoms with Gasteiger partial charge in [-0.1, -0.05) is 6.07 Å². The Morgan fingerprint density at radius 3 is 3.10 bits per heavy atom. The number of amides is 1. The Morgan fingerprint density at radius 1 is 1.27 bits per heavy atom. The van der Waals surface area contributed by atoms with Crippen LogP contribution in [-0.4, -0.2) is 36.2 Å². The van der Waals surface area contributed by atoms with E-state index in [-0.39, 0.29) is 17.2 Å². The molecule has 154 valence electrons. The minimum Gasteiger partial charge on any atom is -0.348 e. The Morgan fingerprint density at radius 2 is 2.17 bits per heavy atom. The summed E-state index contributed by atoms with van der Waals surface area (Å²) < 4.78 is 1.85. The number of pyridine rings is 1. The summed E-state index contributed by atoms with van der Waals surface area (Å²) in [6.45, 7) is 0.312. The number of H-pyrrole nitrogens is 1. The maximum Gasteiger partial charge on any atom is 0.259 e. The molecular weight excluding hydrogens is 420 g/mol. The summed E-state index contributed by atoms with van der Waals surface area (Å²) in [5.41, 5.74) is 1.88. The first kappa shape index (κ1) is 19.3. The van der Waals surface area contributed by atoms with Gasteiger partial charge in [0.05, 0.1) is 23.4 Å². The van der Waals surface area contributed by atoms with Crippen molar-refractivity contribution in [3.05, 3.63) is 56.8 Å². The number of aromatic amines is 1. The standard InChI is InChI=1S/C20H20N6O2S2/c27-17(21-9-16-25-24-15-7-3-4-8-26(15)16)11-29-10-14-22-19(28)18-12-5-1-2-6-13(12)30-20(18)23-14/h3-4,7-8H,1-2,5-6,9-11H2,(H,21,27)(H,22,23,28). The molecule has 0 aromatic carbocycles. The number of hydrogen-bond donors (Lipinski definition) is 2. The molecule has 0 saturated carbocycles. The number of hydrogen-bond acceptors (Lipinski definition) is 7. The van der Waals surface area contributed by atoms with Crippen LogP contribution in [0.1, 0.15) is 34.9 Å². The van der Waals surface area contributed by atoms with Crippen LogP contribution in [0.4, 0.5) is 0 Å². The summed E-state index contributed by atoms with van der Waals surface area (Å²) >= 11 is 3.06. The highest BCUT2D eigenvalue weighted by Gasteiger charge is 2.19. The number of rotatable bonds is 6. The van der Waals surface area contributed by atoms with Gasteiger partial charge >= 0.3 is 0 Å². The van der Waals surface area contributed by atoms with Crippen LogP contribution >= 0.6 is 23.1 Å². The van der Waals surface area contributed by atoms with Crippen LogP contribution in [0.5, 0.6) is 0 Å². The van der Waals surface area contributed by atoms with Gasteiger partial charge in [-0.15, -0.1) is 33.3 Å². The summed E-state index contributed by atoms with van der Waals surface area (Å²) in [5.74, 6) is 1.96. The van der Waals surface area contributed by atoms with Crippen molar-refractivity contribution in [3.8, 4) is 0 Å². The lowest BCUT2D eigenvalue weighted by atomic mass is 9.97. The zero-order valence-electron chi connectivity index (χ0n) is 16.2. The van der Waals surface area contributed by atoms with E-state index in [1.54, 1.807) is 11.3 Å². The minimum atomic E-state index is -0.0947. The third kappa shape index (κ3) is 3.72. The van der Waals surface area contributed by atoms with E-state index in [0.29, 0.717) is 23.9 Å². The molecule has 4 heterocycles.